The van der Waals surface area contributed by atoms with Gasteiger partial charge >= 0.3 is 6.18 Å². The highest BCUT2D eigenvalue weighted by molar-refractivity contribution is 14.0. The van der Waals surface area contributed by atoms with Crippen molar-refractivity contribution in [3.8, 4) is 5.88 Å². The molecule has 0 radical (unpaired) electrons. The summed E-state index contributed by atoms with van der Waals surface area (Å²) in [5.41, 5.74) is 2.00. The maximum atomic E-state index is 13.7. The molecule has 10 heteroatoms. The van der Waals surface area contributed by atoms with Gasteiger partial charge < -0.3 is 15.4 Å². The number of guanidine groups is 1. The van der Waals surface area contributed by atoms with Crippen LogP contribution in [0, 0.1) is 12.7 Å². The third-order valence-corrected chi connectivity index (χ3v) is 3.92. The van der Waals surface area contributed by atoms with Gasteiger partial charge in [-0.25, -0.2) is 9.37 Å². The lowest BCUT2D eigenvalue weighted by Crippen LogP contribution is -2.38. The van der Waals surface area contributed by atoms with E-state index in [1.54, 1.807) is 26.1 Å². The van der Waals surface area contributed by atoms with Crippen LogP contribution < -0.4 is 15.4 Å². The minimum absolute atomic E-state index is 0. The van der Waals surface area contributed by atoms with E-state index in [0.29, 0.717) is 23.6 Å². The van der Waals surface area contributed by atoms with Crippen LogP contribution in [0.1, 0.15) is 29.7 Å². The molecule has 0 spiro atoms. The predicted octanol–water partition coefficient (Wildman–Crippen LogP) is 4.51. The highest BCUT2D eigenvalue weighted by Gasteiger charge is 2.28. The van der Waals surface area contributed by atoms with Crippen LogP contribution in [0.2, 0.25) is 0 Å². The van der Waals surface area contributed by atoms with Gasteiger partial charge in [-0.05, 0) is 42.7 Å². The number of alkyl halides is 3. The Labute approximate surface area is 184 Å². The SMILES string of the molecule is CN=C(NCc1ccnc(OCC(F)(F)F)c1)NC(C)c1ccc(C)c(F)c1.I. The standard InChI is InChI=1S/C19H22F4N4O.HI/c1-12-4-5-15(9-16(12)20)13(2)27-18(24-3)26-10-14-6-7-25-17(8-14)28-11-19(21,22)23;/h4-9,13H,10-11H2,1-3H3,(H2,24,26,27);1H. The molecule has 0 amide bonds. The second kappa shape index (κ2) is 11.2. The first kappa shape index (κ1) is 24.9. The fourth-order valence-electron chi connectivity index (χ4n) is 2.34. The molecule has 5 nitrogen and oxygen atoms in total. The Morgan fingerprint density at radius 3 is 2.59 bits per heavy atom. The van der Waals surface area contributed by atoms with Gasteiger partial charge in [0.25, 0.3) is 0 Å². The van der Waals surface area contributed by atoms with E-state index in [0.717, 1.165) is 5.56 Å². The van der Waals surface area contributed by atoms with Crippen molar-refractivity contribution in [3.05, 3.63) is 59.0 Å². The largest absolute Gasteiger partial charge is 0.468 e. The maximum Gasteiger partial charge on any atom is 0.422 e. The van der Waals surface area contributed by atoms with E-state index in [9.17, 15) is 17.6 Å². The van der Waals surface area contributed by atoms with E-state index in [2.05, 4.69) is 25.3 Å². The van der Waals surface area contributed by atoms with E-state index >= 15 is 0 Å². The minimum atomic E-state index is -4.42. The second-order valence-corrected chi connectivity index (χ2v) is 6.21. The van der Waals surface area contributed by atoms with Gasteiger partial charge in [-0.2, -0.15) is 13.2 Å². The number of nitrogens with one attached hydrogen (secondary N) is 2. The maximum absolute atomic E-state index is 13.7. The number of nitrogens with zero attached hydrogens (tertiary/aromatic N) is 2. The molecule has 29 heavy (non-hydrogen) atoms. The Hall–Kier alpha value is -2.11. The summed E-state index contributed by atoms with van der Waals surface area (Å²) in [7, 11) is 1.59. The first-order valence-corrected chi connectivity index (χ1v) is 8.55. The van der Waals surface area contributed by atoms with E-state index in [4.69, 9.17) is 0 Å². The molecule has 0 aliphatic heterocycles. The monoisotopic (exact) mass is 526 g/mol. The molecule has 1 heterocycles. The predicted molar refractivity (Wildman–Crippen MR) is 114 cm³/mol. The van der Waals surface area contributed by atoms with E-state index < -0.39 is 12.8 Å². The summed E-state index contributed by atoms with van der Waals surface area (Å²) in [6.07, 6.45) is -3.05. The average molecular weight is 526 g/mol. The quantitative estimate of drug-likeness (QED) is 0.252. The van der Waals surface area contributed by atoms with Gasteiger partial charge in [-0.1, -0.05) is 12.1 Å². The molecule has 1 atom stereocenters. The molecule has 0 bridgehead atoms. The van der Waals surface area contributed by atoms with Gasteiger partial charge in [-0.15, -0.1) is 24.0 Å². The number of benzene rings is 1. The van der Waals surface area contributed by atoms with Crippen molar-refractivity contribution in [1.29, 1.82) is 0 Å². The van der Waals surface area contributed by atoms with Crippen molar-refractivity contribution in [2.75, 3.05) is 13.7 Å². The average Bonchev–Trinajstić information content (AvgIpc) is 2.65. The van der Waals surface area contributed by atoms with Crippen LogP contribution in [0.4, 0.5) is 17.6 Å². The molecule has 1 aromatic carbocycles. The van der Waals surface area contributed by atoms with Crippen molar-refractivity contribution >= 4 is 29.9 Å². The van der Waals surface area contributed by atoms with E-state index in [1.807, 2.05) is 13.0 Å². The zero-order valence-electron chi connectivity index (χ0n) is 16.2. The zero-order valence-corrected chi connectivity index (χ0v) is 18.5. The number of aromatic nitrogens is 1. The van der Waals surface area contributed by atoms with Gasteiger partial charge in [0.05, 0.1) is 6.04 Å². The van der Waals surface area contributed by atoms with Crippen molar-refractivity contribution in [2.24, 2.45) is 4.99 Å². The lowest BCUT2D eigenvalue weighted by Gasteiger charge is -2.19. The van der Waals surface area contributed by atoms with Crippen LogP contribution in [-0.2, 0) is 6.54 Å². The van der Waals surface area contributed by atoms with Crippen LogP contribution in [0.3, 0.4) is 0 Å². The first-order chi connectivity index (χ1) is 13.2. The number of aryl methyl sites for hydroxylation is 1. The number of hydrogen-bond acceptors (Lipinski definition) is 3. The first-order valence-electron chi connectivity index (χ1n) is 8.55. The third-order valence-electron chi connectivity index (χ3n) is 3.92. The Morgan fingerprint density at radius 1 is 1.24 bits per heavy atom. The Balaban J connectivity index is 0.00000420. The van der Waals surface area contributed by atoms with Crippen LogP contribution >= 0.6 is 24.0 Å². The Morgan fingerprint density at radius 2 is 1.97 bits per heavy atom. The van der Waals surface area contributed by atoms with E-state index in [-0.39, 0.29) is 41.7 Å². The summed E-state index contributed by atoms with van der Waals surface area (Å²) in [6, 6.07) is 7.87. The number of ether oxygens (including phenoxy) is 1. The third kappa shape index (κ3) is 8.42. The minimum Gasteiger partial charge on any atom is -0.468 e. The van der Waals surface area contributed by atoms with Gasteiger partial charge in [-0.3, -0.25) is 4.99 Å². The fourth-order valence-corrected chi connectivity index (χ4v) is 2.34. The van der Waals surface area contributed by atoms with Crippen molar-refractivity contribution in [3.63, 3.8) is 0 Å². The summed E-state index contributed by atoms with van der Waals surface area (Å²) in [5, 5.41) is 6.19. The topological polar surface area (TPSA) is 58.5 Å². The molecule has 2 rings (SSSR count). The normalized spacial score (nSPS) is 12.7. The van der Waals surface area contributed by atoms with Crippen LogP contribution in [0.15, 0.2) is 41.5 Å². The number of halogens is 5. The van der Waals surface area contributed by atoms with Crippen LogP contribution in [-0.4, -0.2) is 30.8 Å². The van der Waals surface area contributed by atoms with Gasteiger partial charge in [0.15, 0.2) is 12.6 Å². The van der Waals surface area contributed by atoms with Crippen molar-refractivity contribution < 1.29 is 22.3 Å². The number of hydrogen-bond donors (Lipinski definition) is 2. The smallest absolute Gasteiger partial charge is 0.422 e. The molecule has 1 unspecified atom stereocenters. The Bertz CT molecular complexity index is 830. The molecule has 0 fully saturated rings. The van der Waals surface area contributed by atoms with Gasteiger partial charge in [0.2, 0.25) is 5.88 Å². The molecule has 0 saturated heterocycles. The highest BCUT2D eigenvalue weighted by Crippen LogP contribution is 2.18. The van der Waals surface area contributed by atoms with Gasteiger partial charge in [0, 0.05) is 25.9 Å². The molecule has 2 N–H and O–H groups in total. The summed E-state index contributed by atoms with van der Waals surface area (Å²) < 4.78 is 55.1. The molecule has 0 saturated carbocycles. The van der Waals surface area contributed by atoms with Gasteiger partial charge in [0.1, 0.15) is 5.82 Å². The summed E-state index contributed by atoms with van der Waals surface area (Å²) in [4.78, 5) is 7.87. The summed E-state index contributed by atoms with van der Waals surface area (Å²) in [6.45, 7) is 2.45. The number of aliphatic imine (C=N–C) groups is 1. The summed E-state index contributed by atoms with van der Waals surface area (Å²) in [5.74, 6) is 0.0726. The highest BCUT2D eigenvalue weighted by atomic mass is 127. The molecule has 1 aromatic heterocycles. The zero-order chi connectivity index (χ0) is 20.7. The van der Waals surface area contributed by atoms with Crippen LogP contribution in [0.5, 0.6) is 5.88 Å². The summed E-state index contributed by atoms with van der Waals surface area (Å²) >= 11 is 0. The lowest BCUT2D eigenvalue weighted by atomic mass is 10.1. The van der Waals surface area contributed by atoms with Crippen LogP contribution in [0.25, 0.3) is 0 Å². The lowest BCUT2D eigenvalue weighted by molar-refractivity contribution is -0.154. The fraction of sp³-hybridized carbons (Fsp3) is 0.368. The van der Waals surface area contributed by atoms with Crippen molar-refractivity contribution in [1.82, 2.24) is 15.6 Å². The second-order valence-electron chi connectivity index (χ2n) is 6.21. The molecule has 0 aliphatic carbocycles. The number of pyridine rings is 1. The Kier molecular flexibility index (Phi) is 9.60. The number of rotatable bonds is 6. The molecule has 160 valence electrons. The van der Waals surface area contributed by atoms with Crippen molar-refractivity contribution in [2.45, 2.75) is 32.6 Å². The molecule has 2 aromatic rings. The van der Waals surface area contributed by atoms with E-state index in [1.165, 1.54) is 18.3 Å². The molecule has 0 aliphatic rings. The molecular weight excluding hydrogens is 503 g/mol. The molecular formula is C19H23F4IN4O.